The van der Waals surface area contributed by atoms with Crippen LogP contribution in [0.1, 0.15) is 28.9 Å². The maximum Gasteiger partial charge on any atom is 0.193 e. The van der Waals surface area contributed by atoms with Crippen LogP contribution in [0.5, 0.6) is 0 Å². The Bertz CT molecular complexity index is 533. The first-order valence-electron chi connectivity index (χ1n) is 5.69. The van der Waals surface area contributed by atoms with E-state index in [0.29, 0.717) is 5.69 Å². The molecule has 3 heteroatoms. The number of benzene rings is 1. The molecule has 0 radical (unpaired) electrons. The van der Waals surface area contributed by atoms with Crippen LogP contribution in [0.2, 0.25) is 0 Å². The Hall–Kier alpha value is -2.03. The summed E-state index contributed by atoms with van der Waals surface area (Å²) in [6, 6.07) is 9.94. The van der Waals surface area contributed by atoms with Crippen molar-refractivity contribution in [3.63, 3.8) is 0 Å². The van der Waals surface area contributed by atoms with E-state index in [2.05, 4.69) is 9.97 Å². The summed E-state index contributed by atoms with van der Waals surface area (Å²) < 4.78 is 0. The van der Waals surface area contributed by atoms with Gasteiger partial charge in [-0.25, -0.2) is 4.98 Å². The first kappa shape index (κ1) is 10.1. The van der Waals surface area contributed by atoms with E-state index in [4.69, 9.17) is 0 Å². The van der Waals surface area contributed by atoms with Crippen molar-refractivity contribution in [1.29, 1.82) is 0 Å². The first-order valence-corrected chi connectivity index (χ1v) is 5.69. The highest BCUT2D eigenvalue weighted by Gasteiger charge is 2.51. The van der Waals surface area contributed by atoms with Gasteiger partial charge in [0.1, 0.15) is 5.69 Å². The van der Waals surface area contributed by atoms with Crippen molar-refractivity contribution >= 4 is 5.78 Å². The Kier molecular flexibility index (Phi) is 2.25. The topological polar surface area (TPSA) is 42.9 Å². The third-order valence-corrected chi connectivity index (χ3v) is 3.31. The average molecular weight is 224 g/mol. The minimum atomic E-state index is -0.336. The lowest BCUT2D eigenvalue weighted by Crippen LogP contribution is -2.21. The van der Waals surface area contributed by atoms with Crippen LogP contribution in [0, 0.1) is 0 Å². The highest BCUT2D eigenvalue weighted by Crippen LogP contribution is 2.50. The molecule has 0 bridgehead atoms. The SMILES string of the molecule is O=C(c1cnccn1)C1(c2ccccc2)CC1. The van der Waals surface area contributed by atoms with E-state index >= 15 is 0 Å². The number of nitrogens with zero attached hydrogens (tertiary/aromatic N) is 2. The molecule has 1 aliphatic rings. The van der Waals surface area contributed by atoms with Gasteiger partial charge in [-0.05, 0) is 18.4 Å². The van der Waals surface area contributed by atoms with Gasteiger partial charge in [0.2, 0.25) is 0 Å². The molecule has 0 atom stereocenters. The summed E-state index contributed by atoms with van der Waals surface area (Å²) in [5.74, 6) is 0.0943. The molecule has 2 aromatic rings. The second kappa shape index (κ2) is 3.77. The Morgan fingerprint density at radius 1 is 1.12 bits per heavy atom. The van der Waals surface area contributed by atoms with Gasteiger partial charge in [0, 0.05) is 12.4 Å². The summed E-state index contributed by atoms with van der Waals surface area (Å²) in [6.45, 7) is 0. The van der Waals surface area contributed by atoms with Crippen molar-refractivity contribution < 1.29 is 4.79 Å². The molecule has 1 aromatic carbocycles. The summed E-state index contributed by atoms with van der Waals surface area (Å²) in [5.41, 5.74) is 1.22. The Balaban J connectivity index is 1.98. The molecule has 1 fully saturated rings. The number of Topliss-reactive ketones (excluding diaryl/α,β-unsaturated/α-hetero) is 1. The molecular formula is C14H12N2O. The van der Waals surface area contributed by atoms with E-state index in [9.17, 15) is 4.79 Å². The largest absolute Gasteiger partial charge is 0.291 e. The van der Waals surface area contributed by atoms with Crippen molar-refractivity contribution in [2.45, 2.75) is 18.3 Å². The molecule has 1 saturated carbocycles. The van der Waals surface area contributed by atoms with Crippen molar-refractivity contribution in [2.75, 3.05) is 0 Å². The van der Waals surface area contributed by atoms with Gasteiger partial charge < -0.3 is 0 Å². The number of carbonyl (C=O) groups is 1. The zero-order valence-electron chi connectivity index (χ0n) is 9.34. The van der Waals surface area contributed by atoms with E-state index < -0.39 is 0 Å². The second-order valence-electron chi connectivity index (χ2n) is 4.37. The average Bonchev–Trinajstić information content (AvgIpc) is 3.21. The number of hydrogen-bond donors (Lipinski definition) is 0. The molecule has 1 aliphatic carbocycles. The van der Waals surface area contributed by atoms with Gasteiger partial charge in [-0.3, -0.25) is 9.78 Å². The van der Waals surface area contributed by atoms with E-state index in [-0.39, 0.29) is 11.2 Å². The van der Waals surface area contributed by atoms with Gasteiger partial charge >= 0.3 is 0 Å². The predicted molar refractivity (Wildman–Crippen MR) is 63.7 cm³/mol. The van der Waals surface area contributed by atoms with Crippen LogP contribution in [0.25, 0.3) is 0 Å². The second-order valence-corrected chi connectivity index (χ2v) is 4.37. The van der Waals surface area contributed by atoms with E-state index in [0.717, 1.165) is 18.4 Å². The molecule has 1 aromatic heterocycles. The first-order chi connectivity index (χ1) is 8.33. The van der Waals surface area contributed by atoms with Crippen molar-refractivity contribution in [3.8, 4) is 0 Å². The summed E-state index contributed by atoms with van der Waals surface area (Å²) in [5, 5.41) is 0. The lowest BCUT2D eigenvalue weighted by molar-refractivity contribution is 0.0940. The Morgan fingerprint density at radius 3 is 2.47 bits per heavy atom. The number of aromatic nitrogens is 2. The van der Waals surface area contributed by atoms with Gasteiger partial charge in [0.05, 0.1) is 11.6 Å². The predicted octanol–water partition coefficient (Wildman–Crippen LogP) is 2.39. The minimum Gasteiger partial charge on any atom is -0.291 e. The molecule has 0 saturated heterocycles. The number of ketones is 1. The van der Waals surface area contributed by atoms with Crippen LogP contribution in [-0.2, 0) is 5.41 Å². The van der Waals surface area contributed by atoms with Gasteiger partial charge in [0.15, 0.2) is 5.78 Å². The van der Waals surface area contributed by atoms with E-state index in [1.54, 1.807) is 18.6 Å². The van der Waals surface area contributed by atoms with Crippen LogP contribution in [-0.4, -0.2) is 15.8 Å². The third-order valence-electron chi connectivity index (χ3n) is 3.31. The smallest absolute Gasteiger partial charge is 0.193 e. The lowest BCUT2D eigenvalue weighted by Gasteiger charge is -2.13. The maximum atomic E-state index is 12.4. The van der Waals surface area contributed by atoms with Gasteiger partial charge in [0.25, 0.3) is 0 Å². The monoisotopic (exact) mass is 224 g/mol. The van der Waals surface area contributed by atoms with Crippen LogP contribution in [0.4, 0.5) is 0 Å². The minimum absolute atomic E-state index is 0.0943. The number of hydrogen-bond acceptors (Lipinski definition) is 3. The summed E-state index contributed by atoms with van der Waals surface area (Å²) in [7, 11) is 0. The van der Waals surface area contributed by atoms with Gasteiger partial charge in [-0.2, -0.15) is 0 Å². The molecule has 84 valence electrons. The Labute approximate surface area is 99.5 Å². The third kappa shape index (κ3) is 1.64. The zero-order chi connectivity index (χ0) is 11.7. The summed E-state index contributed by atoms with van der Waals surface area (Å²) >= 11 is 0. The maximum absolute atomic E-state index is 12.4. The molecule has 0 amide bonds. The van der Waals surface area contributed by atoms with Crippen LogP contribution < -0.4 is 0 Å². The van der Waals surface area contributed by atoms with Crippen LogP contribution in [0.15, 0.2) is 48.9 Å². The zero-order valence-corrected chi connectivity index (χ0v) is 9.34. The highest BCUT2D eigenvalue weighted by atomic mass is 16.1. The molecule has 0 N–H and O–H groups in total. The molecule has 3 nitrogen and oxygen atoms in total. The molecule has 1 heterocycles. The Morgan fingerprint density at radius 2 is 1.88 bits per heavy atom. The standard InChI is InChI=1S/C14H12N2O/c17-13(12-10-15-8-9-16-12)14(6-7-14)11-4-2-1-3-5-11/h1-5,8-10H,6-7H2. The van der Waals surface area contributed by atoms with Gasteiger partial charge in [-0.15, -0.1) is 0 Å². The fraction of sp³-hybridized carbons (Fsp3) is 0.214. The van der Waals surface area contributed by atoms with Crippen molar-refractivity contribution in [3.05, 3.63) is 60.2 Å². The number of carbonyl (C=O) groups excluding carboxylic acids is 1. The summed E-state index contributed by atoms with van der Waals surface area (Å²) in [4.78, 5) is 20.5. The molecule has 0 aliphatic heterocycles. The number of rotatable bonds is 3. The van der Waals surface area contributed by atoms with Crippen molar-refractivity contribution in [1.82, 2.24) is 9.97 Å². The lowest BCUT2D eigenvalue weighted by atomic mass is 9.90. The quantitative estimate of drug-likeness (QED) is 0.752. The van der Waals surface area contributed by atoms with Crippen molar-refractivity contribution in [2.24, 2.45) is 0 Å². The molecule has 0 unspecified atom stereocenters. The van der Waals surface area contributed by atoms with Crippen LogP contribution in [0.3, 0.4) is 0 Å². The van der Waals surface area contributed by atoms with E-state index in [1.165, 1.54) is 0 Å². The normalized spacial score (nSPS) is 16.5. The fourth-order valence-electron chi connectivity index (χ4n) is 2.19. The highest BCUT2D eigenvalue weighted by molar-refractivity contribution is 6.04. The molecule has 17 heavy (non-hydrogen) atoms. The van der Waals surface area contributed by atoms with E-state index in [1.807, 2.05) is 30.3 Å². The van der Waals surface area contributed by atoms with Gasteiger partial charge in [-0.1, -0.05) is 30.3 Å². The molecule has 0 spiro atoms. The molecular weight excluding hydrogens is 212 g/mol. The fourth-order valence-corrected chi connectivity index (χ4v) is 2.19. The summed E-state index contributed by atoms with van der Waals surface area (Å²) in [6.07, 6.45) is 6.51. The van der Waals surface area contributed by atoms with Crippen LogP contribution >= 0.6 is 0 Å². The molecule has 3 rings (SSSR count).